The number of carbonyl (C=O) groups excluding carboxylic acids is 4. The van der Waals surface area contributed by atoms with E-state index in [0.29, 0.717) is 28.3 Å². The Morgan fingerprint density at radius 3 is 2.22 bits per heavy atom. The molecule has 3 aromatic rings. The number of likely N-dealkylation sites (tertiary alicyclic amines) is 1. The first-order valence-corrected chi connectivity index (χ1v) is 15.8. The van der Waals surface area contributed by atoms with Gasteiger partial charge in [-0.1, -0.05) is 53.6 Å². The zero-order valence-electron chi connectivity index (χ0n) is 25.5. The SMILES string of the molecule is CC(C)(C)N1C(=O)[C@H]2[C@H](CC=C3[C@H]2C[C@H]2C(=O)N(Nc4ccc(F)cc4)C(=O)[C@@]2(c2ccc(Cl)cc2)[C@H]3c2ccccc2O)C1=O. The van der Waals surface area contributed by atoms with Crippen LogP contribution in [0.15, 0.2) is 84.4 Å². The molecule has 3 aromatic carbocycles. The van der Waals surface area contributed by atoms with Gasteiger partial charge in [0.1, 0.15) is 11.6 Å². The average Bonchev–Trinajstić information content (AvgIpc) is 3.40. The van der Waals surface area contributed by atoms with Gasteiger partial charge in [-0.3, -0.25) is 29.5 Å². The standard InChI is InChI=1S/C36H33ClFN3O5/c1-35(2,3)40-31(43)25-17-16-23-26(29(25)33(40)45)18-27-32(44)41(39-22-14-12-21(38)13-15-22)34(46)36(27,19-8-10-20(37)11-9-19)30(23)24-6-4-5-7-28(24)42/h4-16,25-27,29-30,39,42H,17-18H2,1-3H3/t25-,26+,27-,29-,30+,36+/m0/s1. The number of hydrogen-bond donors (Lipinski definition) is 2. The number of nitrogens with zero attached hydrogens (tertiary/aromatic N) is 2. The number of halogens is 2. The number of imide groups is 2. The van der Waals surface area contributed by atoms with Crippen molar-refractivity contribution in [2.24, 2.45) is 23.7 Å². The summed E-state index contributed by atoms with van der Waals surface area (Å²) in [6.07, 6.45) is 2.36. The first kappa shape index (κ1) is 30.2. The summed E-state index contributed by atoms with van der Waals surface area (Å²) < 4.78 is 13.8. The largest absolute Gasteiger partial charge is 0.508 e. The first-order chi connectivity index (χ1) is 21.9. The van der Waals surface area contributed by atoms with Gasteiger partial charge in [0.15, 0.2) is 0 Å². The number of hydrazine groups is 1. The molecule has 8 nitrogen and oxygen atoms in total. The maximum absolute atomic E-state index is 15.0. The second kappa shape index (κ2) is 10.5. The lowest BCUT2D eigenvalue weighted by atomic mass is 9.49. The molecule has 2 aliphatic heterocycles. The Balaban J connectivity index is 1.46. The first-order valence-electron chi connectivity index (χ1n) is 15.4. The van der Waals surface area contributed by atoms with Crippen LogP contribution in [0.1, 0.15) is 50.7 Å². The summed E-state index contributed by atoms with van der Waals surface area (Å²) in [5, 5.41) is 12.8. The molecule has 4 aliphatic rings. The number of hydrogen-bond acceptors (Lipinski definition) is 6. The molecule has 2 saturated heterocycles. The number of carbonyl (C=O) groups is 4. The highest BCUT2D eigenvalue weighted by molar-refractivity contribution is 6.30. The third-order valence-electron chi connectivity index (χ3n) is 10.2. The molecule has 0 unspecified atom stereocenters. The number of amides is 4. The van der Waals surface area contributed by atoms with Gasteiger partial charge >= 0.3 is 0 Å². The number of nitrogens with one attached hydrogen (secondary N) is 1. The van der Waals surface area contributed by atoms with Crippen molar-refractivity contribution >= 4 is 40.9 Å². The van der Waals surface area contributed by atoms with Crippen molar-refractivity contribution in [3.05, 3.63) is 106 Å². The molecular formula is C36H33ClFN3O5. The normalized spacial score (nSPS) is 29.0. The number of benzene rings is 3. The second-order valence-electron chi connectivity index (χ2n) is 13.6. The zero-order valence-corrected chi connectivity index (χ0v) is 26.3. The monoisotopic (exact) mass is 641 g/mol. The number of aromatic hydroxyl groups is 1. The van der Waals surface area contributed by atoms with Crippen LogP contribution in [0.4, 0.5) is 10.1 Å². The van der Waals surface area contributed by atoms with Crippen molar-refractivity contribution in [1.82, 2.24) is 9.91 Å². The van der Waals surface area contributed by atoms with E-state index in [1.807, 2.05) is 26.8 Å². The Kier molecular flexibility index (Phi) is 6.90. The lowest BCUT2D eigenvalue weighted by molar-refractivity contribution is -0.146. The van der Waals surface area contributed by atoms with E-state index in [4.69, 9.17) is 11.6 Å². The molecule has 0 aromatic heterocycles. The molecule has 236 valence electrons. The average molecular weight is 642 g/mol. The molecule has 6 atom stereocenters. The zero-order chi connectivity index (χ0) is 32.7. The summed E-state index contributed by atoms with van der Waals surface area (Å²) in [6.45, 7) is 5.47. The van der Waals surface area contributed by atoms with Crippen LogP contribution >= 0.6 is 11.6 Å². The molecule has 0 bridgehead atoms. The minimum atomic E-state index is -1.54. The van der Waals surface area contributed by atoms with Crippen LogP contribution in [0.5, 0.6) is 5.75 Å². The molecule has 4 amide bonds. The molecule has 2 N–H and O–H groups in total. The molecule has 1 saturated carbocycles. The van der Waals surface area contributed by atoms with E-state index in [-0.39, 0.29) is 24.0 Å². The van der Waals surface area contributed by atoms with Crippen molar-refractivity contribution in [2.75, 3.05) is 5.43 Å². The number of phenols is 1. The molecule has 10 heteroatoms. The van der Waals surface area contributed by atoms with Gasteiger partial charge in [0.25, 0.3) is 11.8 Å². The van der Waals surface area contributed by atoms with Crippen LogP contribution in [-0.4, -0.2) is 44.2 Å². The maximum Gasteiger partial charge on any atom is 0.260 e. The Labute approximate surface area is 270 Å². The number of allylic oxidation sites excluding steroid dienone is 2. The van der Waals surface area contributed by atoms with Crippen LogP contribution in [0, 0.1) is 29.5 Å². The lowest BCUT2D eigenvalue weighted by Crippen LogP contribution is -2.53. The summed E-state index contributed by atoms with van der Waals surface area (Å²) in [7, 11) is 0. The second-order valence-corrected chi connectivity index (χ2v) is 14.1. The van der Waals surface area contributed by atoms with E-state index in [1.54, 1.807) is 42.5 Å². The third kappa shape index (κ3) is 4.24. The van der Waals surface area contributed by atoms with Gasteiger partial charge in [0, 0.05) is 22.0 Å². The fourth-order valence-corrected chi connectivity index (χ4v) is 8.52. The fourth-order valence-electron chi connectivity index (χ4n) is 8.39. The molecule has 0 radical (unpaired) electrons. The Morgan fingerprint density at radius 2 is 1.57 bits per heavy atom. The molecule has 7 rings (SSSR count). The number of para-hydroxylation sites is 1. The number of phenolic OH excluding ortho intramolecular Hbond substituents is 1. The van der Waals surface area contributed by atoms with Crippen molar-refractivity contribution in [2.45, 2.75) is 50.5 Å². The van der Waals surface area contributed by atoms with Crippen LogP contribution in [-0.2, 0) is 24.6 Å². The Morgan fingerprint density at radius 1 is 0.891 bits per heavy atom. The highest BCUT2D eigenvalue weighted by Gasteiger charge is 2.70. The maximum atomic E-state index is 15.0. The molecule has 3 fully saturated rings. The van der Waals surface area contributed by atoms with Gasteiger partial charge in [0.05, 0.1) is 28.9 Å². The van der Waals surface area contributed by atoms with E-state index in [1.165, 1.54) is 35.2 Å². The van der Waals surface area contributed by atoms with Gasteiger partial charge in [-0.15, -0.1) is 0 Å². The van der Waals surface area contributed by atoms with Crippen molar-refractivity contribution in [1.29, 1.82) is 0 Å². The molecular weight excluding hydrogens is 609 g/mol. The van der Waals surface area contributed by atoms with E-state index in [0.717, 1.165) is 10.6 Å². The van der Waals surface area contributed by atoms with E-state index in [2.05, 4.69) is 5.43 Å². The Bertz CT molecular complexity index is 1820. The van der Waals surface area contributed by atoms with Crippen molar-refractivity contribution in [3.63, 3.8) is 0 Å². The summed E-state index contributed by atoms with van der Waals surface area (Å²) in [5.74, 6) is -5.80. The number of anilines is 1. The fraction of sp³-hybridized carbons (Fsp3) is 0.333. The highest BCUT2D eigenvalue weighted by Crippen LogP contribution is 2.65. The van der Waals surface area contributed by atoms with Gasteiger partial charge in [0.2, 0.25) is 11.8 Å². The molecule has 2 aliphatic carbocycles. The van der Waals surface area contributed by atoms with Crippen LogP contribution in [0.25, 0.3) is 0 Å². The summed E-state index contributed by atoms with van der Waals surface area (Å²) in [4.78, 5) is 58.7. The highest BCUT2D eigenvalue weighted by atomic mass is 35.5. The molecule has 46 heavy (non-hydrogen) atoms. The predicted molar refractivity (Wildman–Crippen MR) is 169 cm³/mol. The van der Waals surface area contributed by atoms with Gasteiger partial charge in [-0.25, -0.2) is 4.39 Å². The summed E-state index contributed by atoms with van der Waals surface area (Å²) >= 11 is 6.30. The minimum Gasteiger partial charge on any atom is -0.508 e. The Hall–Kier alpha value is -4.50. The predicted octanol–water partition coefficient (Wildman–Crippen LogP) is 5.97. The topological polar surface area (TPSA) is 107 Å². The van der Waals surface area contributed by atoms with Gasteiger partial charge < -0.3 is 5.11 Å². The molecule has 2 heterocycles. The van der Waals surface area contributed by atoms with Crippen LogP contribution in [0.2, 0.25) is 5.02 Å². The van der Waals surface area contributed by atoms with Crippen LogP contribution < -0.4 is 5.43 Å². The quantitative estimate of drug-likeness (QED) is 0.269. The minimum absolute atomic E-state index is 0.0569. The summed E-state index contributed by atoms with van der Waals surface area (Å²) in [5.41, 5.74) is 2.68. The molecule has 0 spiro atoms. The van der Waals surface area contributed by atoms with E-state index >= 15 is 4.79 Å². The lowest BCUT2D eigenvalue weighted by Gasteiger charge is -2.50. The smallest absolute Gasteiger partial charge is 0.260 e. The number of fused-ring (bicyclic) bond motifs is 4. The van der Waals surface area contributed by atoms with Gasteiger partial charge in [-0.05, 0) is 87.6 Å². The van der Waals surface area contributed by atoms with E-state index in [9.17, 15) is 23.9 Å². The van der Waals surface area contributed by atoms with Crippen LogP contribution in [0.3, 0.4) is 0 Å². The third-order valence-corrected chi connectivity index (χ3v) is 10.4. The van der Waals surface area contributed by atoms with Gasteiger partial charge in [-0.2, -0.15) is 5.01 Å². The summed E-state index contributed by atoms with van der Waals surface area (Å²) in [6, 6.07) is 18.8. The van der Waals surface area contributed by atoms with Crippen molar-refractivity contribution < 1.29 is 28.7 Å². The van der Waals surface area contributed by atoms with E-state index < -0.39 is 58.2 Å². The number of rotatable bonds is 4. The van der Waals surface area contributed by atoms with Crippen molar-refractivity contribution in [3.8, 4) is 5.75 Å².